The molecule has 0 aliphatic rings. The molecule has 20 aromatic rings. The third-order valence-corrected chi connectivity index (χ3v) is 19.2. The number of hydrogen-bond donors (Lipinski definition) is 0. The quantitative estimate of drug-likeness (QED) is 0.166. The average Bonchev–Trinajstić information content (AvgIpc) is 1.57. The largest absolute Gasteiger partial charge is 0.456 e. The topological polar surface area (TPSA) is 93.6 Å². The SMILES string of the molecule is N#Cc1cc(-c2ccc(-n3c4ccccc4c4c5c(ccc43)oc3ccccc35)cc2)ccc1-n1c2ccccc2c2ccccc21.N#Cc1cc(-c2ccc(-n3c4ccccc4c4c5oc6ccccc6c5ccc43)cc2)ccc1-n1c2ccccc2c2ccccc21. The van der Waals surface area contributed by atoms with Gasteiger partial charge in [0.25, 0.3) is 0 Å². The Morgan fingerprint density at radius 3 is 1.06 bits per heavy atom. The van der Waals surface area contributed by atoms with E-state index in [9.17, 15) is 10.5 Å². The molecule has 14 aromatic carbocycles. The molecular weight excluding hydrogens is 1150 g/mol. The maximum atomic E-state index is 10.4. The highest BCUT2D eigenvalue weighted by Crippen LogP contribution is 2.44. The molecule has 0 amide bonds. The molecule has 0 fully saturated rings. The molecule has 6 heterocycles. The Morgan fingerprint density at radius 1 is 0.234 bits per heavy atom. The number of para-hydroxylation sites is 8. The van der Waals surface area contributed by atoms with Crippen molar-refractivity contribution >= 4 is 131 Å². The molecule has 8 heteroatoms. The molecule has 0 unspecified atom stereocenters. The summed E-state index contributed by atoms with van der Waals surface area (Å²) in [6, 6.07) is 110. The van der Waals surface area contributed by atoms with Gasteiger partial charge in [0.2, 0.25) is 0 Å². The molecule has 0 spiro atoms. The van der Waals surface area contributed by atoms with Crippen molar-refractivity contribution in [2.24, 2.45) is 0 Å². The van der Waals surface area contributed by atoms with Gasteiger partial charge in [-0.2, -0.15) is 10.5 Å². The Labute approximate surface area is 537 Å². The second-order valence-electron chi connectivity index (χ2n) is 24.1. The summed E-state index contributed by atoms with van der Waals surface area (Å²) in [5, 5.41) is 34.6. The smallest absolute Gasteiger partial charge is 0.145 e. The molecule has 0 saturated carbocycles. The zero-order valence-electron chi connectivity index (χ0n) is 50.4. The van der Waals surface area contributed by atoms with Crippen molar-refractivity contribution in [1.82, 2.24) is 18.3 Å². The number of nitriles is 2. The van der Waals surface area contributed by atoms with E-state index in [2.05, 4.69) is 297 Å². The van der Waals surface area contributed by atoms with E-state index in [-0.39, 0.29) is 0 Å². The van der Waals surface area contributed by atoms with Crippen molar-refractivity contribution in [2.45, 2.75) is 0 Å². The summed E-state index contributed by atoms with van der Waals surface area (Å²) in [6.45, 7) is 0. The molecule has 0 N–H and O–H groups in total. The Bertz CT molecular complexity index is 6520. The summed E-state index contributed by atoms with van der Waals surface area (Å²) < 4.78 is 21.8. The lowest BCUT2D eigenvalue weighted by molar-refractivity contribution is 0.669. The summed E-state index contributed by atoms with van der Waals surface area (Å²) in [5.41, 5.74) is 21.8. The van der Waals surface area contributed by atoms with E-state index in [1.54, 1.807) is 0 Å². The number of rotatable bonds is 6. The highest BCUT2D eigenvalue weighted by Gasteiger charge is 2.23. The standard InChI is InChI=1S/2C43H25N3O/c44-26-29-25-28(19-23-36(29)46-37-13-5-1-9-31(37)32-10-2-6-14-38(32)46)27-17-20-30(21-18-27)45-39-15-7-3-12-35(39)42-40(45)24-22-34-33-11-4-8-16-41(33)47-43(34)42;44-26-29-25-28(19-22-35(29)46-36-13-5-1-9-31(36)32-10-2-6-14-37(32)46)27-17-20-30(21-18-27)45-38-15-7-3-11-33(38)42-39(45)23-24-41-43(42)34-12-4-8-16-40(34)47-41/h2*1-25H. The Balaban J connectivity index is 0.000000133. The molecule has 0 aliphatic carbocycles. The minimum atomic E-state index is 0.635. The second-order valence-corrected chi connectivity index (χ2v) is 24.1. The van der Waals surface area contributed by atoms with Crippen molar-refractivity contribution < 1.29 is 8.83 Å². The van der Waals surface area contributed by atoms with Crippen LogP contribution in [-0.4, -0.2) is 18.3 Å². The van der Waals surface area contributed by atoms with Crippen LogP contribution in [0.5, 0.6) is 0 Å². The van der Waals surface area contributed by atoms with E-state index in [1.807, 2.05) is 36.4 Å². The minimum Gasteiger partial charge on any atom is -0.456 e. The molecular formula is C86H50N6O2. The third-order valence-electron chi connectivity index (χ3n) is 19.2. The first-order valence-electron chi connectivity index (χ1n) is 31.5. The van der Waals surface area contributed by atoms with Crippen LogP contribution in [0.3, 0.4) is 0 Å². The lowest BCUT2D eigenvalue weighted by Gasteiger charge is -2.13. The zero-order chi connectivity index (χ0) is 62.1. The van der Waals surface area contributed by atoms with Crippen LogP contribution in [0.1, 0.15) is 11.1 Å². The molecule has 436 valence electrons. The van der Waals surface area contributed by atoms with Crippen LogP contribution in [0.15, 0.2) is 312 Å². The van der Waals surface area contributed by atoms with Crippen LogP contribution < -0.4 is 0 Å². The lowest BCUT2D eigenvalue weighted by Crippen LogP contribution is -1.98. The van der Waals surface area contributed by atoms with Gasteiger partial charge >= 0.3 is 0 Å². The van der Waals surface area contributed by atoms with Gasteiger partial charge < -0.3 is 27.1 Å². The van der Waals surface area contributed by atoms with Crippen LogP contribution in [-0.2, 0) is 0 Å². The highest BCUT2D eigenvalue weighted by molar-refractivity contribution is 6.28. The fourth-order valence-corrected chi connectivity index (χ4v) is 15.0. The molecule has 0 saturated heterocycles. The Morgan fingerprint density at radius 2 is 0.596 bits per heavy atom. The van der Waals surface area contributed by atoms with Crippen LogP contribution in [0.4, 0.5) is 0 Å². The number of furan rings is 2. The second kappa shape index (κ2) is 20.7. The number of hydrogen-bond acceptors (Lipinski definition) is 4. The molecule has 0 aliphatic heterocycles. The molecule has 6 aromatic heterocycles. The van der Waals surface area contributed by atoms with Gasteiger partial charge in [-0.05, 0) is 144 Å². The number of aromatic nitrogens is 4. The number of nitrogens with zero attached hydrogens (tertiary/aromatic N) is 6. The van der Waals surface area contributed by atoms with Crippen LogP contribution >= 0.6 is 0 Å². The van der Waals surface area contributed by atoms with Gasteiger partial charge in [-0.1, -0.05) is 182 Å². The average molecular weight is 1200 g/mol. The normalized spacial score (nSPS) is 11.8. The van der Waals surface area contributed by atoms with E-state index < -0.39 is 0 Å². The number of fused-ring (bicyclic) bond motifs is 20. The third kappa shape index (κ3) is 7.84. The van der Waals surface area contributed by atoms with E-state index in [0.29, 0.717) is 11.1 Å². The number of benzene rings is 14. The van der Waals surface area contributed by atoms with E-state index in [1.165, 1.54) is 32.3 Å². The molecule has 0 atom stereocenters. The first kappa shape index (κ1) is 52.8. The predicted octanol–water partition coefficient (Wildman–Crippen LogP) is 22.6. The first-order chi connectivity index (χ1) is 46.6. The van der Waals surface area contributed by atoms with Gasteiger partial charge in [-0.25, -0.2) is 0 Å². The molecule has 0 bridgehead atoms. The van der Waals surface area contributed by atoms with Gasteiger partial charge in [-0.15, -0.1) is 0 Å². The van der Waals surface area contributed by atoms with Crippen LogP contribution in [0, 0.1) is 22.7 Å². The van der Waals surface area contributed by atoms with Gasteiger partial charge in [-0.3, -0.25) is 0 Å². The zero-order valence-corrected chi connectivity index (χ0v) is 50.4. The highest BCUT2D eigenvalue weighted by atomic mass is 16.3. The Kier molecular flexibility index (Phi) is 11.6. The van der Waals surface area contributed by atoms with E-state index in [0.717, 1.165) is 144 Å². The van der Waals surface area contributed by atoms with Crippen molar-refractivity contribution in [3.63, 3.8) is 0 Å². The van der Waals surface area contributed by atoms with Crippen molar-refractivity contribution in [1.29, 1.82) is 10.5 Å². The molecule has 0 radical (unpaired) electrons. The maximum absolute atomic E-state index is 10.4. The van der Waals surface area contributed by atoms with Gasteiger partial charge in [0, 0.05) is 70.6 Å². The lowest BCUT2D eigenvalue weighted by atomic mass is 10.0. The summed E-state index contributed by atoms with van der Waals surface area (Å²) in [7, 11) is 0. The van der Waals surface area contributed by atoms with Crippen molar-refractivity contribution in [3.05, 3.63) is 314 Å². The molecule has 20 rings (SSSR count). The molecule has 8 nitrogen and oxygen atoms in total. The molecule has 94 heavy (non-hydrogen) atoms. The van der Waals surface area contributed by atoms with E-state index in [4.69, 9.17) is 8.83 Å². The van der Waals surface area contributed by atoms with Gasteiger partial charge in [0.15, 0.2) is 0 Å². The summed E-state index contributed by atoms with van der Waals surface area (Å²) >= 11 is 0. The summed E-state index contributed by atoms with van der Waals surface area (Å²) in [5.74, 6) is 0. The summed E-state index contributed by atoms with van der Waals surface area (Å²) in [6.07, 6.45) is 0. The fraction of sp³-hybridized carbons (Fsp3) is 0. The van der Waals surface area contributed by atoms with Crippen LogP contribution in [0.2, 0.25) is 0 Å². The minimum absolute atomic E-state index is 0.635. The van der Waals surface area contributed by atoms with Crippen molar-refractivity contribution in [2.75, 3.05) is 0 Å². The van der Waals surface area contributed by atoms with Crippen molar-refractivity contribution in [3.8, 4) is 57.1 Å². The van der Waals surface area contributed by atoms with Gasteiger partial charge in [0.1, 0.15) is 34.5 Å². The van der Waals surface area contributed by atoms with Gasteiger partial charge in [0.05, 0.1) is 72.0 Å². The first-order valence-corrected chi connectivity index (χ1v) is 31.5. The summed E-state index contributed by atoms with van der Waals surface area (Å²) in [4.78, 5) is 0. The van der Waals surface area contributed by atoms with E-state index >= 15 is 0 Å². The predicted molar refractivity (Wildman–Crippen MR) is 385 cm³/mol. The fourth-order valence-electron chi connectivity index (χ4n) is 15.0. The van der Waals surface area contributed by atoms with Crippen LogP contribution in [0.25, 0.3) is 176 Å². The monoisotopic (exact) mass is 1200 g/mol. The maximum Gasteiger partial charge on any atom is 0.145 e. The Hall–Kier alpha value is -13.1.